The molecule has 0 unspecified atom stereocenters. The van der Waals surface area contributed by atoms with E-state index in [1.54, 1.807) is 64.7 Å². The minimum Gasteiger partial charge on any atom is -0.493 e. The first kappa shape index (κ1) is 29.4. The number of hydrogen-bond acceptors (Lipinski definition) is 8. The molecule has 1 N–H and O–H groups in total. The third kappa shape index (κ3) is 5.68. The molecule has 0 aromatic heterocycles. The van der Waals surface area contributed by atoms with E-state index in [-0.39, 0.29) is 11.8 Å². The minimum absolute atomic E-state index is 0.238. The summed E-state index contributed by atoms with van der Waals surface area (Å²) >= 11 is 0. The zero-order valence-corrected chi connectivity index (χ0v) is 24.4. The van der Waals surface area contributed by atoms with Crippen molar-refractivity contribution in [2.24, 2.45) is 0 Å². The Morgan fingerprint density at radius 3 is 1.88 bits per heavy atom. The Morgan fingerprint density at radius 2 is 1.27 bits per heavy atom. The summed E-state index contributed by atoms with van der Waals surface area (Å²) in [6, 6.07) is 13.8. The molecule has 0 saturated heterocycles. The largest absolute Gasteiger partial charge is 0.493 e. The predicted octanol–water partition coefficient (Wildman–Crippen LogP) is 4.01. The van der Waals surface area contributed by atoms with Crippen LogP contribution in [-0.4, -0.2) is 73.0 Å². The molecule has 0 aliphatic carbocycles. The summed E-state index contributed by atoms with van der Waals surface area (Å²) in [7, 11) is 11.0. The fourth-order valence-electron chi connectivity index (χ4n) is 5.26. The maximum Gasteiger partial charge on any atom is 0.254 e. The third-order valence-electron chi connectivity index (χ3n) is 7.37. The zero-order chi connectivity index (χ0) is 29.7. The second-order valence-corrected chi connectivity index (χ2v) is 9.48. The zero-order valence-electron chi connectivity index (χ0n) is 24.4. The van der Waals surface area contributed by atoms with E-state index in [9.17, 15) is 9.59 Å². The van der Waals surface area contributed by atoms with Crippen molar-refractivity contribution in [3.63, 3.8) is 0 Å². The monoisotopic (exact) mass is 564 g/mol. The lowest BCUT2D eigenvalue weighted by Crippen LogP contribution is -2.46. The van der Waals surface area contributed by atoms with Crippen molar-refractivity contribution in [3.8, 4) is 34.5 Å². The van der Waals surface area contributed by atoms with E-state index in [0.717, 1.165) is 11.1 Å². The number of likely N-dealkylation sites (N-methyl/N-ethyl adjacent to an activating group) is 1. The van der Waals surface area contributed by atoms with Gasteiger partial charge in [-0.05, 0) is 59.5 Å². The van der Waals surface area contributed by atoms with Crippen molar-refractivity contribution in [1.29, 1.82) is 0 Å². The van der Waals surface area contributed by atoms with E-state index < -0.39 is 12.0 Å². The van der Waals surface area contributed by atoms with Crippen LogP contribution in [0.3, 0.4) is 0 Å². The second kappa shape index (κ2) is 12.7. The van der Waals surface area contributed by atoms with Gasteiger partial charge in [0.05, 0.1) is 54.6 Å². The second-order valence-electron chi connectivity index (χ2n) is 9.48. The summed E-state index contributed by atoms with van der Waals surface area (Å²) in [6.07, 6.45) is 0.563. The predicted molar refractivity (Wildman–Crippen MR) is 153 cm³/mol. The van der Waals surface area contributed by atoms with Gasteiger partial charge in [0, 0.05) is 19.2 Å². The number of rotatable bonds is 11. The molecule has 0 fully saturated rings. The Labute approximate surface area is 240 Å². The molecule has 10 heteroatoms. The molecule has 0 spiro atoms. The molecule has 1 aliphatic heterocycles. The summed E-state index contributed by atoms with van der Waals surface area (Å²) in [5.74, 6) is 1.90. The molecule has 3 aromatic rings. The molecule has 0 saturated carbocycles. The van der Waals surface area contributed by atoms with Gasteiger partial charge in [0.2, 0.25) is 5.91 Å². The Bertz CT molecular complexity index is 1420. The van der Waals surface area contributed by atoms with Crippen molar-refractivity contribution >= 4 is 11.8 Å². The molecule has 1 heterocycles. The molecule has 4 rings (SSSR count). The highest BCUT2D eigenvalue weighted by Gasteiger charge is 2.43. The van der Waals surface area contributed by atoms with Crippen LogP contribution in [0.25, 0.3) is 0 Å². The van der Waals surface area contributed by atoms with Crippen LogP contribution in [0.2, 0.25) is 0 Å². The van der Waals surface area contributed by atoms with Crippen LogP contribution in [0.5, 0.6) is 34.5 Å². The van der Waals surface area contributed by atoms with Crippen LogP contribution in [0.1, 0.15) is 39.0 Å². The van der Waals surface area contributed by atoms with Crippen molar-refractivity contribution in [2.45, 2.75) is 18.4 Å². The molecule has 2 atom stereocenters. The van der Waals surface area contributed by atoms with Crippen LogP contribution in [0, 0.1) is 0 Å². The van der Waals surface area contributed by atoms with Crippen LogP contribution in [0.4, 0.5) is 0 Å². The Balaban J connectivity index is 1.73. The average Bonchev–Trinajstić information content (AvgIpc) is 3.01. The normalized spacial score (nSPS) is 16.0. The maximum absolute atomic E-state index is 14.0. The molecule has 10 nitrogen and oxygen atoms in total. The highest BCUT2D eigenvalue weighted by Crippen LogP contribution is 2.46. The number of methoxy groups -OCH3 is 6. The Morgan fingerprint density at radius 1 is 0.732 bits per heavy atom. The molecule has 0 bridgehead atoms. The summed E-state index contributed by atoms with van der Waals surface area (Å²) in [6.45, 7) is 0.365. The highest BCUT2D eigenvalue weighted by atomic mass is 16.5. The number of nitrogens with zero attached hydrogens (tertiary/aromatic N) is 1. The van der Waals surface area contributed by atoms with Gasteiger partial charge in [-0.25, -0.2) is 0 Å². The van der Waals surface area contributed by atoms with E-state index in [2.05, 4.69) is 5.32 Å². The summed E-state index contributed by atoms with van der Waals surface area (Å²) < 4.78 is 32.7. The lowest BCUT2D eigenvalue weighted by Gasteiger charge is -2.40. The van der Waals surface area contributed by atoms with E-state index in [1.165, 1.54) is 14.2 Å². The van der Waals surface area contributed by atoms with Gasteiger partial charge < -0.3 is 38.6 Å². The highest BCUT2D eigenvalue weighted by molar-refractivity contribution is 6.02. The first-order valence-corrected chi connectivity index (χ1v) is 13.0. The molecule has 2 amide bonds. The summed E-state index contributed by atoms with van der Waals surface area (Å²) in [4.78, 5) is 29.2. The van der Waals surface area contributed by atoms with Crippen molar-refractivity contribution in [2.75, 3.05) is 56.3 Å². The number of fused-ring (bicyclic) bond motifs is 1. The van der Waals surface area contributed by atoms with Crippen LogP contribution >= 0.6 is 0 Å². The molecule has 1 aliphatic rings. The van der Waals surface area contributed by atoms with Crippen molar-refractivity contribution in [1.82, 2.24) is 10.2 Å². The summed E-state index contributed by atoms with van der Waals surface area (Å²) in [5, 5.41) is 3.08. The fraction of sp³-hybridized carbons (Fsp3) is 0.355. The first-order chi connectivity index (χ1) is 19.8. The molecule has 218 valence electrons. The standard InChI is InChI=1S/C31H36N2O8/c1-33-29(19-9-11-23(37-3)25(15-19)39-5)28(20-16-26(40-6)27(41-7)17-21(20)31(33)35)30(34)32-13-12-18-8-10-22(36-2)24(14-18)38-4/h8-11,14-17,28-29H,12-13H2,1-7H3,(H,32,34)/t28-,29-/m1/s1. The van der Waals surface area contributed by atoms with E-state index in [4.69, 9.17) is 28.4 Å². The van der Waals surface area contributed by atoms with Crippen molar-refractivity contribution in [3.05, 3.63) is 70.8 Å². The number of hydrogen-bond donors (Lipinski definition) is 1. The van der Waals surface area contributed by atoms with E-state index >= 15 is 0 Å². The van der Waals surface area contributed by atoms with E-state index in [0.29, 0.717) is 58.6 Å². The minimum atomic E-state index is -0.754. The Kier molecular flexibility index (Phi) is 9.11. The number of ether oxygens (including phenoxy) is 6. The van der Waals surface area contributed by atoms with Gasteiger partial charge in [-0.3, -0.25) is 9.59 Å². The SMILES string of the molecule is COc1ccc(CCNC(=O)[C@@H]2c3cc(OC)c(OC)cc3C(=O)N(C)[C@@H]2c2ccc(OC)c(OC)c2)cc1OC. The van der Waals surface area contributed by atoms with Gasteiger partial charge in [-0.2, -0.15) is 0 Å². The van der Waals surface area contributed by atoms with E-state index in [1.807, 2.05) is 24.3 Å². The number of nitrogens with one attached hydrogen (secondary N) is 1. The maximum atomic E-state index is 14.0. The topological polar surface area (TPSA) is 105 Å². The number of carbonyl (C=O) groups is 2. The lowest BCUT2D eigenvalue weighted by molar-refractivity contribution is -0.124. The third-order valence-corrected chi connectivity index (χ3v) is 7.37. The number of benzene rings is 3. The quantitative estimate of drug-likeness (QED) is 0.373. The first-order valence-electron chi connectivity index (χ1n) is 13.0. The van der Waals surface area contributed by atoms with Gasteiger partial charge in [0.1, 0.15) is 0 Å². The molecule has 0 radical (unpaired) electrons. The molecule has 41 heavy (non-hydrogen) atoms. The Hall–Kier alpha value is -4.60. The van der Waals surface area contributed by atoms with Crippen LogP contribution in [0.15, 0.2) is 48.5 Å². The van der Waals surface area contributed by atoms with Crippen LogP contribution < -0.4 is 33.7 Å². The smallest absolute Gasteiger partial charge is 0.254 e. The average molecular weight is 565 g/mol. The molecular formula is C31H36N2O8. The van der Waals surface area contributed by atoms with Gasteiger partial charge in [-0.15, -0.1) is 0 Å². The molecule has 3 aromatic carbocycles. The lowest BCUT2D eigenvalue weighted by atomic mass is 9.79. The van der Waals surface area contributed by atoms with Gasteiger partial charge in [0.15, 0.2) is 34.5 Å². The number of amides is 2. The number of carbonyl (C=O) groups excluding carboxylic acids is 2. The van der Waals surface area contributed by atoms with Crippen molar-refractivity contribution < 1.29 is 38.0 Å². The van der Waals surface area contributed by atoms with Gasteiger partial charge in [0.25, 0.3) is 5.91 Å². The van der Waals surface area contributed by atoms with Gasteiger partial charge in [-0.1, -0.05) is 12.1 Å². The fourth-order valence-corrected chi connectivity index (χ4v) is 5.26. The summed E-state index contributed by atoms with van der Waals surface area (Å²) in [5.41, 5.74) is 2.62. The molecular weight excluding hydrogens is 528 g/mol. The van der Waals surface area contributed by atoms with Gasteiger partial charge >= 0.3 is 0 Å². The van der Waals surface area contributed by atoms with Crippen LogP contribution in [-0.2, 0) is 11.2 Å².